The number of hydrogen-bond donors (Lipinski definition) is 0. The molecule has 39 valence electrons. The van der Waals surface area contributed by atoms with Crippen LogP contribution in [0.25, 0.3) is 0 Å². The van der Waals surface area contributed by atoms with Crippen LogP contribution in [-0.2, 0) is 0 Å². The fourth-order valence-electron chi connectivity index (χ4n) is 0.331. The highest BCUT2D eigenvalue weighted by Gasteiger charge is 1.92. The minimum atomic E-state index is 0.638. The first-order valence-electron chi connectivity index (χ1n) is 1.90. The highest BCUT2D eigenvalue weighted by molar-refractivity contribution is 14.1. The molecular weight excluding hydrogens is 233 g/mol. The van der Waals surface area contributed by atoms with E-state index >= 15 is 0 Å². The topological polar surface area (TPSA) is 23.8 Å². The predicted octanol–water partition coefficient (Wildman–Crippen LogP) is 2.02. The SMILES string of the molecule is N#Cc1[c]sc(I)c1. The lowest BCUT2D eigenvalue weighted by molar-refractivity contribution is 1.50. The Morgan fingerprint density at radius 2 is 2.62 bits per heavy atom. The van der Waals surface area contributed by atoms with E-state index in [0.717, 1.165) is 2.88 Å². The van der Waals surface area contributed by atoms with Crippen LogP contribution < -0.4 is 0 Å². The average molecular weight is 234 g/mol. The summed E-state index contributed by atoms with van der Waals surface area (Å²) in [6, 6.07) is 3.81. The fraction of sp³-hybridized carbons (Fsp3) is 0. The van der Waals surface area contributed by atoms with E-state index in [4.69, 9.17) is 5.26 Å². The molecule has 0 spiro atoms. The molecule has 0 aliphatic rings. The van der Waals surface area contributed by atoms with Crippen molar-refractivity contribution in [2.75, 3.05) is 0 Å². The molecule has 1 rings (SSSR count). The summed E-state index contributed by atoms with van der Waals surface area (Å²) in [6.45, 7) is 0. The van der Waals surface area contributed by atoms with Gasteiger partial charge < -0.3 is 0 Å². The Hall–Kier alpha value is -0.0800. The Kier molecular flexibility index (Phi) is 1.86. The van der Waals surface area contributed by atoms with Crippen molar-refractivity contribution in [2.45, 2.75) is 0 Å². The van der Waals surface area contributed by atoms with Crippen molar-refractivity contribution in [3.8, 4) is 6.07 Å². The van der Waals surface area contributed by atoms with Gasteiger partial charge in [0.15, 0.2) is 0 Å². The maximum Gasteiger partial charge on any atom is 0.101 e. The molecular formula is C5HINS. The second-order valence-corrected chi connectivity index (χ2v) is 3.92. The molecule has 8 heavy (non-hydrogen) atoms. The van der Waals surface area contributed by atoms with Crippen molar-refractivity contribution in [3.05, 3.63) is 19.9 Å². The first kappa shape index (κ1) is 6.05. The van der Waals surface area contributed by atoms with E-state index in [1.165, 1.54) is 11.3 Å². The van der Waals surface area contributed by atoms with Crippen LogP contribution in [0.2, 0.25) is 0 Å². The van der Waals surface area contributed by atoms with E-state index < -0.39 is 0 Å². The summed E-state index contributed by atoms with van der Waals surface area (Å²) < 4.78 is 1.11. The summed E-state index contributed by atoms with van der Waals surface area (Å²) in [5.74, 6) is 0. The fourth-order valence-corrected chi connectivity index (χ4v) is 1.46. The Morgan fingerprint density at radius 1 is 1.88 bits per heavy atom. The van der Waals surface area contributed by atoms with Gasteiger partial charge >= 0.3 is 0 Å². The minimum Gasteiger partial charge on any atom is -0.192 e. The van der Waals surface area contributed by atoms with Gasteiger partial charge in [0.2, 0.25) is 0 Å². The molecule has 0 amide bonds. The molecule has 1 aromatic heterocycles. The van der Waals surface area contributed by atoms with Gasteiger partial charge in [-0.25, -0.2) is 0 Å². The smallest absolute Gasteiger partial charge is 0.101 e. The van der Waals surface area contributed by atoms with Crippen LogP contribution in [0.5, 0.6) is 0 Å². The molecule has 1 heterocycles. The number of halogens is 1. The zero-order valence-electron chi connectivity index (χ0n) is 3.81. The van der Waals surface area contributed by atoms with Crippen molar-refractivity contribution < 1.29 is 0 Å². The maximum atomic E-state index is 8.27. The first-order chi connectivity index (χ1) is 3.83. The lowest BCUT2D eigenvalue weighted by Gasteiger charge is -1.65. The molecule has 1 radical (unpaired) electrons. The number of nitrogens with zero attached hydrogens (tertiary/aromatic N) is 1. The molecule has 0 atom stereocenters. The number of nitriles is 1. The largest absolute Gasteiger partial charge is 0.192 e. The lowest BCUT2D eigenvalue weighted by Crippen LogP contribution is -1.57. The summed E-state index contributed by atoms with van der Waals surface area (Å²) in [5, 5.41) is 11.1. The molecule has 0 fully saturated rings. The van der Waals surface area contributed by atoms with E-state index in [9.17, 15) is 0 Å². The van der Waals surface area contributed by atoms with Gasteiger partial charge in [0.05, 0.1) is 13.8 Å². The zero-order chi connectivity index (χ0) is 5.98. The monoisotopic (exact) mass is 234 g/mol. The molecule has 0 unspecified atom stereocenters. The van der Waals surface area contributed by atoms with Crippen molar-refractivity contribution in [2.24, 2.45) is 0 Å². The third-order valence-corrected chi connectivity index (χ3v) is 2.24. The van der Waals surface area contributed by atoms with Crippen molar-refractivity contribution in [1.29, 1.82) is 5.26 Å². The average Bonchev–Trinajstić information content (AvgIpc) is 2.14. The van der Waals surface area contributed by atoms with Crippen molar-refractivity contribution >= 4 is 33.9 Å². The number of thiophene rings is 1. The molecule has 3 heteroatoms. The van der Waals surface area contributed by atoms with Crippen LogP contribution in [0.15, 0.2) is 6.07 Å². The molecule has 0 bridgehead atoms. The van der Waals surface area contributed by atoms with Gasteiger partial charge in [0.25, 0.3) is 0 Å². The van der Waals surface area contributed by atoms with E-state index in [2.05, 4.69) is 28.0 Å². The van der Waals surface area contributed by atoms with E-state index in [1.807, 2.05) is 12.1 Å². The van der Waals surface area contributed by atoms with Gasteiger partial charge in [-0.15, -0.1) is 11.3 Å². The zero-order valence-corrected chi connectivity index (χ0v) is 6.78. The number of hydrogen-bond acceptors (Lipinski definition) is 2. The van der Waals surface area contributed by atoms with Crippen LogP contribution in [0, 0.1) is 19.6 Å². The van der Waals surface area contributed by atoms with Gasteiger partial charge in [0, 0.05) is 0 Å². The molecule has 1 nitrogen and oxygen atoms in total. The van der Waals surface area contributed by atoms with Crippen LogP contribution in [-0.4, -0.2) is 0 Å². The third-order valence-electron chi connectivity index (χ3n) is 0.637. The molecule has 0 saturated heterocycles. The second-order valence-electron chi connectivity index (χ2n) is 1.18. The second kappa shape index (κ2) is 2.46. The van der Waals surface area contributed by atoms with Gasteiger partial charge in [-0.3, -0.25) is 0 Å². The van der Waals surface area contributed by atoms with Crippen LogP contribution in [0.3, 0.4) is 0 Å². The summed E-state index contributed by atoms with van der Waals surface area (Å²) in [6.07, 6.45) is 0. The summed E-state index contributed by atoms with van der Waals surface area (Å²) in [4.78, 5) is 0. The normalized spacial score (nSPS) is 8.50. The van der Waals surface area contributed by atoms with Crippen LogP contribution in [0.1, 0.15) is 5.56 Å². The lowest BCUT2D eigenvalue weighted by atomic mass is 10.4. The maximum absolute atomic E-state index is 8.27. The molecule has 0 N–H and O–H groups in total. The van der Waals surface area contributed by atoms with Gasteiger partial charge in [-0.2, -0.15) is 5.26 Å². The Morgan fingerprint density at radius 3 is 2.88 bits per heavy atom. The molecule has 0 aliphatic carbocycles. The van der Waals surface area contributed by atoms with E-state index in [1.54, 1.807) is 0 Å². The highest BCUT2D eigenvalue weighted by atomic mass is 127. The van der Waals surface area contributed by atoms with Gasteiger partial charge in [-0.05, 0) is 28.7 Å². The Bertz CT molecular complexity index is 223. The molecule has 0 aromatic carbocycles. The molecule has 0 saturated carbocycles. The van der Waals surface area contributed by atoms with Crippen molar-refractivity contribution in [1.82, 2.24) is 0 Å². The summed E-state index contributed by atoms with van der Waals surface area (Å²) in [7, 11) is 0. The van der Waals surface area contributed by atoms with Gasteiger partial charge in [0.1, 0.15) is 6.07 Å². The van der Waals surface area contributed by atoms with Gasteiger partial charge in [-0.1, -0.05) is 0 Å². The van der Waals surface area contributed by atoms with Crippen LogP contribution >= 0.6 is 33.9 Å². The highest BCUT2D eigenvalue weighted by Crippen LogP contribution is 2.14. The number of rotatable bonds is 0. The summed E-state index contributed by atoms with van der Waals surface area (Å²) in [5.41, 5.74) is 0.638. The minimum absolute atomic E-state index is 0.638. The quantitative estimate of drug-likeness (QED) is 0.630. The summed E-state index contributed by atoms with van der Waals surface area (Å²) >= 11 is 3.63. The third kappa shape index (κ3) is 1.20. The molecule has 1 aromatic rings. The van der Waals surface area contributed by atoms with Crippen LogP contribution in [0.4, 0.5) is 0 Å². The first-order valence-corrected chi connectivity index (χ1v) is 3.79. The van der Waals surface area contributed by atoms with Crippen molar-refractivity contribution in [3.63, 3.8) is 0 Å². The Labute approximate surface area is 65.1 Å². The molecule has 0 aliphatic heterocycles. The van der Waals surface area contributed by atoms with E-state index in [-0.39, 0.29) is 0 Å². The predicted molar refractivity (Wildman–Crippen MR) is 40.6 cm³/mol. The van der Waals surface area contributed by atoms with E-state index in [0.29, 0.717) is 5.56 Å². The standard InChI is InChI=1S/C5HINS/c6-5-1-4(2-7)3-8-5/h1H. The Balaban J connectivity index is 3.05.